The van der Waals surface area contributed by atoms with Crippen LogP contribution in [0.15, 0.2) is 29.2 Å². The van der Waals surface area contributed by atoms with E-state index in [4.69, 9.17) is 0 Å². The molecule has 0 aliphatic carbocycles. The highest BCUT2D eigenvalue weighted by molar-refractivity contribution is 7.89. The van der Waals surface area contributed by atoms with E-state index in [0.29, 0.717) is 19.0 Å². The second-order valence-corrected chi connectivity index (χ2v) is 6.40. The zero-order valence-electron chi connectivity index (χ0n) is 10.6. The summed E-state index contributed by atoms with van der Waals surface area (Å²) in [5.41, 5.74) is -0.970. The number of rotatable bonds is 3. The van der Waals surface area contributed by atoms with Crippen molar-refractivity contribution < 1.29 is 21.6 Å². The fraction of sp³-hybridized carbons (Fsp3) is 0.500. The Hall–Kier alpha value is -1.12. The summed E-state index contributed by atoms with van der Waals surface area (Å²) in [6, 6.07) is 3.47. The van der Waals surface area contributed by atoms with E-state index in [-0.39, 0.29) is 10.9 Å². The second-order valence-electron chi connectivity index (χ2n) is 4.69. The zero-order chi connectivity index (χ0) is 14.8. The van der Waals surface area contributed by atoms with Crippen LogP contribution >= 0.6 is 0 Å². The van der Waals surface area contributed by atoms with Gasteiger partial charge in [0, 0.05) is 12.6 Å². The van der Waals surface area contributed by atoms with Gasteiger partial charge in [0.15, 0.2) is 0 Å². The molecule has 0 aromatic heterocycles. The molecule has 0 saturated carbocycles. The lowest BCUT2D eigenvalue weighted by molar-refractivity contribution is -0.137. The van der Waals surface area contributed by atoms with Crippen LogP contribution in [0.25, 0.3) is 0 Å². The minimum Gasteiger partial charge on any atom is -0.315 e. The van der Waals surface area contributed by atoms with Gasteiger partial charge in [-0.05, 0) is 37.6 Å². The molecule has 1 fully saturated rings. The Morgan fingerprint density at radius 2 is 2.05 bits per heavy atom. The van der Waals surface area contributed by atoms with E-state index in [1.807, 2.05) is 0 Å². The third-order valence-corrected chi connectivity index (χ3v) is 4.61. The minimum absolute atomic E-state index is 0.289. The summed E-state index contributed by atoms with van der Waals surface area (Å²) in [4.78, 5) is -0.363. The van der Waals surface area contributed by atoms with Crippen molar-refractivity contribution in [3.63, 3.8) is 0 Å². The van der Waals surface area contributed by atoms with Crippen LogP contribution in [-0.4, -0.2) is 27.5 Å². The van der Waals surface area contributed by atoms with Crippen molar-refractivity contribution in [1.29, 1.82) is 0 Å². The Bertz CT molecular complexity index is 566. The molecular formula is C12H15F3N2O2S. The van der Waals surface area contributed by atoms with E-state index in [1.165, 1.54) is 0 Å². The predicted molar refractivity (Wildman–Crippen MR) is 67.7 cm³/mol. The van der Waals surface area contributed by atoms with Crippen molar-refractivity contribution in [3.8, 4) is 0 Å². The molecule has 0 spiro atoms. The van der Waals surface area contributed by atoms with E-state index in [9.17, 15) is 21.6 Å². The van der Waals surface area contributed by atoms with Crippen molar-refractivity contribution in [2.45, 2.75) is 30.0 Å². The molecule has 1 aliphatic rings. The fourth-order valence-corrected chi connectivity index (χ4v) is 3.40. The standard InChI is InChI=1S/C12H15F3N2O2S/c13-12(14,15)9-3-1-5-11(7-9)20(18,19)17-10-4-2-6-16-8-10/h1,3,5,7,10,16-17H,2,4,6,8H2/t10-/m0/s1. The molecule has 4 nitrogen and oxygen atoms in total. The molecule has 112 valence electrons. The Morgan fingerprint density at radius 3 is 2.65 bits per heavy atom. The third-order valence-electron chi connectivity index (χ3n) is 3.09. The highest BCUT2D eigenvalue weighted by Gasteiger charge is 2.32. The maximum absolute atomic E-state index is 12.6. The molecule has 1 atom stereocenters. The van der Waals surface area contributed by atoms with Crippen LogP contribution in [0.5, 0.6) is 0 Å². The molecule has 0 bridgehead atoms. The summed E-state index contributed by atoms with van der Waals surface area (Å²) in [6.45, 7) is 1.31. The molecule has 0 radical (unpaired) electrons. The van der Waals surface area contributed by atoms with Gasteiger partial charge in [0.2, 0.25) is 10.0 Å². The van der Waals surface area contributed by atoms with Crippen molar-refractivity contribution in [2.24, 2.45) is 0 Å². The van der Waals surface area contributed by atoms with Crippen LogP contribution in [-0.2, 0) is 16.2 Å². The lowest BCUT2D eigenvalue weighted by atomic mass is 10.1. The van der Waals surface area contributed by atoms with Gasteiger partial charge in [-0.15, -0.1) is 0 Å². The molecule has 2 N–H and O–H groups in total. The highest BCUT2D eigenvalue weighted by atomic mass is 32.2. The van der Waals surface area contributed by atoms with Gasteiger partial charge in [0.25, 0.3) is 0 Å². The molecule has 1 aromatic carbocycles. The lowest BCUT2D eigenvalue weighted by Gasteiger charge is -2.23. The first-order valence-corrected chi connectivity index (χ1v) is 7.68. The molecule has 20 heavy (non-hydrogen) atoms. The van der Waals surface area contributed by atoms with Crippen molar-refractivity contribution in [1.82, 2.24) is 10.0 Å². The van der Waals surface area contributed by atoms with Gasteiger partial charge in [-0.1, -0.05) is 6.07 Å². The third kappa shape index (κ3) is 3.71. The van der Waals surface area contributed by atoms with E-state index in [2.05, 4.69) is 10.0 Å². The summed E-state index contributed by atoms with van der Waals surface area (Å²) in [7, 11) is -3.93. The fourth-order valence-electron chi connectivity index (χ4n) is 2.08. The number of benzene rings is 1. The number of sulfonamides is 1. The molecular weight excluding hydrogens is 293 g/mol. The maximum Gasteiger partial charge on any atom is 0.416 e. The molecule has 1 heterocycles. The van der Waals surface area contributed by atoms with Crippen LogP contribution in [0.2, 0.25) is 0 Å². The number of alkyl halides is 3. The summed E-state index contributed by atoms with van der Waals surface area (Å²) in [6.07, 6.45) is -3.06. The number of halogens is 3. The number of hydrogen-bond acceptors (Lipinski definition) is 3. The van der Waals surface area contributed by atoms with Crippen molar-refractivity contribution in [3.05, 3.63) is 29.8 Å². The summed E-state index contributed by atoms with van der Waals surface area (Å²) in [5, 5.41) is 3.04. The Morgan fingerprint density at radius 1 is 1.30 bits per heavy atom. The van der Waals surface area contributed by atoms with Crippen molar-refractivity contribution >= 4 is 10.0 Å². The first-order chi connectivity index (χ1) is 9.29. The van der Waals surface area contributed by atoms with Crippen LogP contribution in [0.1, 0.15) is 18.4 Å². The first-order valence-electron chi connectivity index (χ1n) is 6.19. The van der Waals surface area contributed by atoms with Gasteiger partial charge in [0.05, 0.1) is 10.5 Å². The average molecular weight is 308 g/mol. The lowest BCUT2D eigenvalue weighted by Crippen LogP contribution is -2.45. The molecule has 8 heteroatoms. The molecule has 1 aliphatic heterocycles. The van der Waals surface area contributed by atoms with Crippen molar-refractivity contribution in [2.75, 3.05) is 13.1 Å². The topological polar surface area (TPSA) is 58.2 Å². The first kappa shape index (κ1) is 15.3. The Labute approximate surface area is 115 Å². The summed E-state index contributed by atoms with van der Waals surface area (Å²) >= 11 is 0. The Balaban J connectivity index is 2.20. The second kappa shape index (κ2) is 5.71. The van der Waals surface area contributed by atoms with Crippen LogP contribution in [0.3, 0.4) is 0 Å². The van der Waals surface area contributed by atoms with E-state index in [0.717, 1.165) is 31.2 Å². The zero-order valence-corrected chi connectivity index (χ0v) is 11.4. The minimum atomic E-state index is -4.56. The van der Waals surface area contributed by atoms with Gasteiger partial charge >= 0.3 is 6.18 Å². The molecule has 0 unspecified atom stereocenters. The van der Waals surface area contributed by atoms with Gasteiger partial charge in [-0.25, -0.2) is 13.1 Å². The monoisotopic (exact) mass is 308 g/mol. The number of piperidine rings is 1. The van der Waals surface area contributed by atoms with E-state index >= 15 is 0 Å². The van der Waals surface area contributed by atoms with Crippen LogP contribution in [0, 0.1) is 0 Å². The molecule has 0 amide bonds. The molecule has 2 rings (SSSR count). The largest absolute Gasteiger partial charge is 0.416 e. The van der Waals surface area contributed by atoms with Crippen LogP contribution < -0.4 is 10.0 Å². The average Bonchev–Trinajstić information content (AvgIpc) is 2.38. The van der Waals surface area contributed by atoms with Gasteiger partial charge in [-0.3, -0.25) is 0 Å². The maximum atomic E-state index is 12.6. The highest BCUT2D eigenvalue weighted by Crippen LogP contribution is 2.30. The van der Waals surface area contributed by atoms with Crippen LogP contribution in [0.4, 0.5) is 13.2 Å². The smallest absolute Gasteiger partial charge is 0.315 e. The summed E-state index contributed by atoms with van der Waals surface area (Å²) < 4.78 is 64.3. The molecule has 1 saturated heterocycles. The normalized spacial score (nSPS) is 20.9. The van der Waals surface area contributed by atoms with Gasteiger partial charge < -0.3 is 5.32 Å². The number of nitrogens with one attached hydrogen (secondary N) is 2. The quantitative estimate of drug-likeness (QED) is 0.894. The van der Waals surface area contributed by atoms with E-state index in [1.54, 1.807) is 0 Å². The van der Waals surface area contributed by atoms with Gasteiger partial charge in [-0.2, -0.15) is 13.2 Å². The Kier molecular flexibility index (Phi) is 4.36. The van der Waals surface area contributed by atoms with E-state index < -0.39 is 21.8 Å². The number of hydrogen-bond donors (Lipinski definition) is 2. The molecule has 1 aromatic rings. The predicted octanol–water partition coefficient (Wildman–Crippen LogP) is 1.74. The summed E-state index contributed by atoms with van der Waals surface area (Å²) in [5.74, 6) is 0. The van der Waals surface area contributed by atoms with Gasteiger partial charge in [0.1, 0.15) is 0 Å². The SMILES string of the molecule is O=S(=O)(N[C@H]1CCCNC1)c1cccc(C(F)(F)F)c1.